The average Bonchev–Trinajstić information content (AvgIpc) is 3.20. The van der Waals surface area contributed by atoms with E-state index in [-0.39, 0.29) is 18.6 Å². The van der Waals surface area contributed by atoms with E-state index in [0.717, 1.165) is 0 Å². The summed E-state index contributed by atoms with van der Waals surface area (Å²) in [6.07, 6.45) is 0.723. The van der Waals surface area contributed by atoms with Crippen LogP contribution in [0.1, 0.15) is 36.6 Å². The summed E-state index contributed by atoms with van der Waals surface area (Å²) < 4.78 is 18.3. The van der Waals surface area contributed by atoms with Crippen LogP contribution in [0.2, 0.25) is 0 Å². The molecule has 0 N–H and O–H groups in total. The van der Waals surface area contributed by atoms with E-state index in [1.807, 2.05) is 0 Å². The maximum absolute atomic E-state index is 12.9. The second-order valence-corrected chi connectivity index (χ2v) is 6.06. The summed E-state index contributed by atoms with van der Waals surface area (Å²) in [6, 6.07) is 1.72. The Labute approximate surface area is 136 Å². The predicted octanol–water partition coefficient (Wildman–Crippen LogP) is 1.42. The van der Waals surface area contributed by atoms with E-state index in [4.69, 9.17) is 19.7 Å². The Hall–Kier alpha value is -2.35. The number of fused-ring (bicyclic) bond motifs is 3. The molecule has 9 heteroatoms. The zero-order chi connectivity index (χ0) is 16.9. The Bertz CT molecular complexity index is 835. The highest BCUT2D eigenvalue weighted by Gasteiger charge is 2.50. The quantitative estimate of drug-likeness (QED) is 0.351. The smallest absolute Gasteiger partial charge is 0.322 e. The van der Waals surface area contributed by atoms with Gasteiger partial charge in [0.15, 0.2) is 5.54 Å². The van der Waals surface area contributed by atoms with Gasteiger partial charge in [-0.15, -0.1) is 0 Å². The average molecular weight is 332 g/mol. The van der Waals surface area contributed by atoms with Gasteiger partial charge in [-0.2, -0.15) is 0 Å². The zero-order valence-electron chi connectivity index (χ0n) is 13.2. The first-order valence-electron chi connectivity index (χ1n) is 7.87. The van der Waals surface area contributed by atoms with Crippen LogP contribution in [0.3, 0.4) is 0 Å². The van der Waals surface area contributed by atoms with Crippen LogP contribution in [0.5, 0.6) is 0 Å². The molecule has 0 radical (unpaired) electrons. The SMILES string of the molecule is CCC1(N=[N+]=[N-])C(=O)OCc2c1cc1n(c2=O)CCC12OCCO2. The Morgan fingerprint density at radius 2 is 2.12 bits per heavy atom. The van der Waals surface area contributed by atoms with E-state index in [0.29, 0.717) is 43.0 Å². The van der Waals surface area contributed by atoms with Gasteiger partial charge in [-0.1, -0.05) is 12.0 Å². The van der Waals surface area contributed by atoms with Gasteiger partial charge in [0.05, 0.1) is 24.5 Å². The van der Waals surface area contributed by atoms with Crippen molar-refractivity contribution in [1.29, 1.82) is 0 Å². The first kappa shape index (κ1) is 15.2. The van der Waals surface area contributed by atoms with E-state index in [1.165, 1.54) is 0 Å². The lowest BCUT2D eigenvalue weighted by Gasteiger charge is -2.33. The molecular formula is C15H16N4O5. The summed E-state index contributed by atoms with van der Waals surface area (Å²) in [5.74, 6) is -1.59. The van der Waals surface area contributed by atoms with Crippen molar-refractivity contribution in [3.05, 3.63) is 43.7 Å². The molecule has 0 saturated carbocycles. The number of esters is 1. The lowest BCUT2D eigenvalue weighted by molar-refractivity contribution is -0.164. The topological polar surface area (TPSA) is 116 Å². The maximum atomic E-state index is 12.9. The minimum atomic E-state index is -1.53. The number of carbonyl (C=O) groups is 1. The van der Waals surface area contributed by atoms with Crippen molar-refractivity contribution in [2.24, 2.45) is 5.11 Å². The minimum Gasteiger partial charge on any atom is -0.460 e. The molecule has 4 heterocycles. The highest BCUT2D eigenvalue weighted by molar-refractivity contribution is 5.84. The Morgan fingerprint density at radius 3 is 2.79 bits per heavy atom. The molecule has 3 aliphatic heterocycles. The van der Waals surface area contributed by atoms with Crippen molar-refractivity contribution in [2.75, 3.05) is 13.2 Å². The standard InChI is InChI=1S/C15H16N4O5/c1-2-14(17-18-16)10-7-11-15(23-5-6-24-15)3-4-19(11)12(20)9(10)8-22-13(14)21/h7H,2-6,8H2,1H3. The summed E-state index contributed by atoms with van der Waals surface area (Å²) in [4.78, 5) is 28.1. The molecule has 0 aromatic carbocycles. The molecule has 126 valence electrons. The van der Waals surface area contributed by atoms with Crippen LogP contribution in [0.15, 0.2) is 16.0 Å². The van der Waals surface area contributed by atoms with E-state index in [2.05, 4.69) is 10.0 Å². The second-order valence-electron chi connectivity index (χ2n) is 6.06. The fourth-order valence-corrected chi connectivity index (χ4v) is 3.81. The Kier molecular flexibility index (Phi) is 3.21. The fraction of sp³-hybridized carbons (Fsp3) is 0.600. The van der Waals surface area contributed by atoms with Gasteiger partial charge in [-0.25, -0.2) is 0 Å². The minimum absolute atomic E-state index is 0.120. The Morgan fingerprint density at radius 1 is 1.38 bits per heavy atom. The molecule has 1 atom stereocenters. The maximum Gasteiger partial charge on any atom is 0.322 e. The lowest BCUT2D eigenvalue weighted by Crippen LogP contribution is -2.43. The number of hydrogen-bond acceptors (Lipinski definition) is 6. The van der Waals surface area contributed by atoms with Crippen LogP contribution in [0.4, 0.5) is 0 Å². The molecule has 1 fully saturated rings. The van der Waals surface area contributed by atoms with Crippen molar-refractivity contribution in [1.82, 2.24) is 4.57 Å². The fourth-order valence-electron chi connectivity index (χ4n) is 3.81. The molecule has 1 aromatic heterocycles. The van der Waals surface area contributed by atoms with Crippen molar-refractivity contribution in [3.8, 4) is 0 Å². The molecular weight excluding hydrogens is 316 g/mol. The van der Waals surface area contributed by atoms with Crippen LogP contribution >= 0.6 is 0 Å². The van der Waals surface area contributed by atoms with Gasteiger partial charge in [0.25, 0.3) is 5.56 Å². The van der Waals surface area contributed by atoms with E-state index in [9.17, 15) is 9.59 Å². The Balaban J connectivity index is 2.01. The van der Waals surface area contributed by atoms with E-state index >= 15 is 0 Å². The van der Waals surface area contributed by atoms with Crippen LogP contribution < -0.4 is 5.56 Å². The molecule has 0 amide bonds. The van der Waals surface area contributed by atoms with Crippen LogP contribution in [-0.4, -0.2) is 23.8 Å². The molecule has 4 rings (SSSR count). The third kappa shape index (κ3) is 1.74. The number of ether oxygens (including phenoxy) is 3. The van der Waals surface area contributed by atoms with Crippen LogP contribution in [0, 0.1) is 0 Å². The number of azide groups is 1. The third-order valence-corrected chi connectivity index (χ3v) is 5.07. The molecule has 1 unspecified atom stereocenters. The number of carbonyl (C=O) groups excluding carboxylic acids is 1. The van der Waals surface area contributed by atoms with E-state index in [1.54, 1.807) is 17.6 Å². The van der Waals surface area contributed by atoms with Gasteiger partial charge >= 0.3 is 5.97 Å². The molecule has 0 aliphatic carbocycles. The molecule has 1 spiro atoms. The van der Waals surface area contributed by atoms with Crippen molar-refractivity contribution in [3.63, 3.8) is 0 Å². The number of nitrogens with zero attached hydrogens (tertiary/aromatic N) is 4. The summed E-state index contributed by atoms with van der Waals surface area (Å²) >= 11 is 0. The molecule has 3 aliphatic rings. The number of hydrogen-bond donors (Lipinski definition) is 0. The molecule has 1 saturated heterocycles. The van der Waals surface area contributed by atoms with Crippen molar-refractivity contribution < 1.29 is 19.0 Å². The molecule has 0 bridgehead atoms. The highest BCUT2D eigenvalue weighted by atomic mass is 16.7. The molecule has 24 heavy (non-hydrogen) atoms. The predicted molar refractivity (Wildman–Crippen MR) is 79.8 cm³/mol. The number of cyclic esters (lactones) is 1. The number of pyridine rings is 1. The normalized spacial score (nSPS) is 26.6. The van der Waals surface area contributed by atoms with E-state index < -0.39 is 17.3 Å². The van der Waals surface area contributed by atoms with Gasteiger partial charge in [0, 0.05) is 17.9 Å². The van der Waals surface area contributed by atoms with Gasteiger partial charge < -0.3 is 18.8 Å². The largest absolute Gasteiger partial charge is 0.460 e. The molecule has 9 nitrogen and oxygen atoms in total. The molecule has 1 aromatic rings. The van der Waals surface area contributed by atoms with Gasteiger partial charge in [-0.05, 0) is 23.6 Å². The monoisotopic (exact) mass is 332 g/mol. The summed E-state index contributed by atoms with van der Waals surface area (Å²) in [7, 11) is 0. The summed E-state index contributed by atoms with van der Waals surface area (Å²) in [6.45, 7) is 2.96. The number of rotatable bonds is 2. The third-order valence-electron chi connectivity index (χ3n) is 5.07. The van der Waals surface area contributed by atoms with Crippen molar-refractivity contribution >= 4 is 5.97 Å². The second kappa shape index (κ2) is 5.07. The zero-order valence-corrected chi connectivity index (χ0v) is 13.2. The number of aromatic nitrogens is 1. The lowest BCUT2D eigenvalue weighted by atomic mass is 9.83. The van der Waals surface area contributed by atoms with Gasteiger partial charge in [0.1, 0.15) is 6.61 Å². The first-order chi connectivity index (χ1) is 11.6. The first-order valence-corrected chi connectivity index (χ1v) is 7.87. The highest BCUT2D eigenvalue weighted by Crippen LogP contribution is 2.43. The van der Waals surface area contributed by atoms with Crippen molar-refractivity contribution in [2.45, 2.75) is 44.2 Å². The summed E-state index contributed by atoms with van der Waals surface area (Å²) in [5, 5.41) is 3.71. The summed E-state index contributed by atoms with van der Waals surface area (Å²) in [5.41, 5.74) is 8.48. The van der Waals surface area contributed by atoms with Gasteiger partial charge in [-0.3, -0.25) is 9.59 Å². The van der Waals surface area contributed by atoms with Gasteiger partial charge in [0.2, 0.25) is 5.79 Å². The van der Waals surface area contributed by atoms with Crippen LogP contribution in [0.25, 0.3) is 10.4 Å². The van der Waals surface area contributed by atoms with Crippen LogP contribution in [-0.2, 0) is 43.5 Å².